The maximum atomic E-state index is 13.2. The largest absolute Gasteiger partial charge is 0.381 e. The minimum absolute atomic E-state index is 0.118. The SMILES string of the molecule is C1CCOC1.O=C1c2ccccc2C(=O)c2c1ccc1[nH]c(CCl)nc21.O=C1c2ccccc2C(=O)c2c1ccc1[nH]c(CN3CCN(c4ccccn4)CC3)nc21.c1ccc(N2CCNCC2)nc1. The zero-order valence-corrected chi connectivity index (χ0v) is 39.3. The van der Waals surface area contributed by atoms with Gasteiger partial charge in [-0.1, -0.05) is 60.7 Å². The van der Waals surface area contributed by atoms with Crippen LogP contribution in [0.1, 0.15) is 88.2 Å². The normalized spacial score (nSPS) is 16.2. The van der Waals surface area contributed by atoms with E-state index in [-0.39, 0.29) is 29.0 Å². The number of ketones is 4. The highest BCUT2D eigenvalue weighted by molar-refractivity contribution is 6.32. The molecule has 0 radical (unpaired) electrons. The van der Waals surface area contributed by atoms with Crippen molar-refractivity contribution in [2.45, 2.75) is 25.3 Å². The van der Waals surface area contributed by atoms with Gasteiger partial charge in [-0.3, -0.25) is 24.1 Å². The lowest BCUT2D eigenvalue weighted by molar-refractivity contribution is 0.0980. The van der Waals surface area contributed by atoms with E-state index < -0.39 is 0 Å². The first-order valence-corrected chi connectivity index (χ1v) is 24.2. The van der Waals surface area contributed by atoms with E-state index in [4.69, 9.17) is 21.3 Å². The number of imidazole rings is 2. The van der Waals surface area contributed by atoms with Crippen LogP contribution >= 0.6 is 11.6 Å². The van der Waals surface area contributed by atoms with Gasteiger partial charge in [-0.2, -0.15) is 0 Å². The number of halogens is 1. The van der Waals surface area contributed by atoms with E-state index in [0.29, 0.717) is 73.4 Å². The molecule has 0 bridgehead atoms. The van der Waals surface area contributed by atoms with Gasteiger partial charge < -0.3 is 29.8 Å². The molecule has 0 spiro atoms. The van der Waals surface area contributed by atoms with Gasteiger partial charge in [0.1, 0.15) is 34.3 Å². The van der Waals surface area contributed by atoms with E-state index in [9.17, 15) is 19.2 Å². The topological polar surface area (TPSA) is 182 Å². The van der Waals surface area contributed by atoms with Gasteiger partial charge in [0.25, 0.3) is 0 Å². The molecule has 2 aliphatic carbocycles. The summed E-state index contributed by atoms with van der Waals surface area (Å²) in [6.07, 6.45) is 6.22. The summed E-state index contributed by atoms with van der Waals surface area (Å²) in [4.78, 5) is 82.6. The van der Waals surface area contributed by atoms with Crippen molar-refractivity contribution in [2.75, 3.05) is 75.4 Å². The molecule has 7 heterocycles. The monoisotopic (exact) mass is 954 g/mol. The average molecular weight is 956 g/mol. The molecule has 4 aromatic heterocycles. The van der Waals surface area contributed by atoms with Gasteiger partial charge in [-0.15, -0.1) is 11.6 Å². The summed E-state index contributed by atoms with van der Waals surface area (Å²) in [7, 11) is 0. The van der Waals surface area contributed by atoms with E-state index in [1.54, 1.807) is 66.7 Å². The Hall–Kier alpha value is -7.43. The maximum Gasteiger partial charge on any atom is 0.196 e. The Balaban J connectivity index is 0.000000127. The second kappa shape index (κ2) is 21.1. The molecular weight excluding hydrogens is 904 g/mol. The van der Waals surface area contributed by atoms with Crippen LogP contribution in [-0.2, 0) is 17.2 Å². The smallest absolute Gasteiger partial charge is 0.196 e. The number of rotatable bonds is 5. The number of ether oxygens (including phenoxy) is 1. The number of hydrogen-bond donors (Lipinski definition) is 3. The lowest BCUT2D eigenvalue weighted by atomic mass is 9.83. The molecule has 70 heavy (non-hydrogen) atoms. The molecule has 5 aliphatic rings. The summed E-state index contributed by atoms with van der Waals surface area (Å²) in [6.45, 7) is 10.5. The third-order valence-electron chi connectivity index (χ3n) is 12.9. The van der Waals surface area contributed by atoms with Crippen molar-refractivity contribution in [1.29, 1.82) is 0 Å². The van der Waals surface area contributed by atoms with Crippen molar-refractivity contribution >= 4 is 68.4 Å². The molecule has 4 aromatic carbocycles. The predicted octanol–water partition coefficient (Wildman–Crippen LogP) is 7.42. The fourth-order valence-electron chi connectivity index (χ4n) is 9.38. The van der Waals surface area contributed by atoms with Crippen LogP contribution in [0.25, 0.3) is 22.1 Å². The van der Waals surface area contributed by atoms with E-state index in [1.165, 1.54) is 12.8 Å². The fourth-order valence-corrected chi connectivity index (χ4v) is 9.51. The molecule has 0 amide bonds. The number of piperazine rings is 2. The van der Waals surface area contributed by atoms with E-state index in [0.717, 1.165) is 88.5 Å². The fraction of sp³-hybridized carbons (Fsp3) is 0.259. The highest BCUT2D eigenvalue weighted by atomic mass is 35.5. The predicted molar refractivity (Wildman–Crippen MR) is 269 cm³/mol. The van der Waals surface area contributed by atoms with Gasteiger partial charge in [0.2, 0.25) is 0 Å². The first kappa shape index (κ1) is 46.3. The zero-order valence-electron chi connectivity index (χ0n) is 38.5. The highest BCUT2D eigenvalue weighted by Crippen LogP contribution is 2.33. The minimum Gasteiger partial charge on any atom is -0.381 e. The lowest BCUT2D eigenvalue weighted by Crippen LogP contribution is -2.46. The average Bonchev–Trinajstić information content (AvgIpc) is 4.24. The maximum absolute atomic E-state index is 13.2. The Labute approximate surface area is 409 Å². The number of carbonyl (C=O) groups excluding carboxylic acids is 4. The molecule has 354 valence electrons. The first-order chi connectivity index (χ1) is 34.4. The van der Waals surface area contributed by atoms with Crippen LogP contribution in [0.5, 0.6) is 0 Å². The quantitative estimate of drug-likeness (QED) is 0.145. The van der Waals surface area contributed by atoms with Crippen LogP contribution in [0, 0.1) is 0 Å². The third-order valence-corrected chi connectivity index (χ3v) is 13.2. The van der Waals surface area contributed by atoms with E-state index >= 15 is 0 Å². The molecule has 15 nitrogen and oxygen atoms in total. The Kier molecular flexibility index (Phi) is 13.9. The summed E-state index contributed by atoms with van der Waals surface area (Å²) in [5, 5.41) is 3.32. The van der Waals surface area contributed by atoms with E-state index in [1.807, 2.05) is 48.8 Å². The van der Waals surface area contributed by atoms with Gasteiger partial charge in [-0.05, 0) is 61.4 Å². The summed E-state index contributed by atoms with van der Waals surface area (Å²) in [6, 6.07) is 32.9. The number of alkyl halides is 1. The van der Waals surface area contributed by atoms with Crippen molar-refractivity contribution in [2.24, 2.45) is 0 Å². The second-order valence-corrected chi connectivity index (χ2v) is 17.6. The molecule has 0 saturated carbocycles. The van der Waals surface area contributed by atoms with Crippen LogP contribution in [0.2, 0.25) is 0 Å². The number of H-pyrrole nitrogens is 2. The number of benzene rings is 4. The number of carbonyl (C=O) groups is 4. The van der Waals surface area contributed by atoms with Crippen LogP contribution in [0.4, 0.5) is 11.6 Å². The number of hydrogen-bond acceptors (Lipinski definition) is 13. The Morgan fingerprint density at radius 1 is 0.500 bits per heavy atom. The number of nitrogens with one attached hydrogen (secondary N) is 3. The number of aromatic amines is 2. The standard InChI is InChI=1S/C25H21N5O2.C16H9ClN2O2.C9H13N3.C4H8O/c31-24-16-5-1-2-6-17(16)25(32)22-18(24)8-9-19-23(22)28-20(27-19)15-29-11-13-30(14-12-29)21-7-3-4-10-26-21;17-7-12-18-11-6-5-10-13(14(11)19-12)16(21)9-4-2-1-3-8(9)15(10)20;1-2-4-11-9(3-1)12-7-5-10-6-8-12;1-2-4-5-3-1/h1-10H,11-15H2,(H,27,28);1-6H,7H2,(H,18,19);1-4,10H,5-8H2;1-4H2. The van der Waals surface area contributed by atoms with Crippen molar-refractivity contribution in [1.82, 2.24) is 40.1 Å². The molecule has 8 aromatic rings. The van der Waals surface area contributed by atoms with Crippen molar-refractivity contribution < 1.29 is 23.9 Å². The molecule has 0 atom stereocenters. The van der Waals surface area contributed by atoms with Crippen LogP contribution < -0.4 is 15.1 Å². The molecule has 13 rings (SSSR count). The van der Waals surface area contributed by atoms with E-state index in [2.05, 4.69) is 51.0 Å². The van der Waals surface area contributed by atoms with Gasteiger partial charge in [0.05, 0.1) is 34.6 Å². The molecule has 3 aliphatic heterocycles. The molecule has 3 saturated heterocycles. The Morgan fingerprint density at radius 3 is 1.41 bits per heavy atom. The molecule has 3 fully saturated rings. The molecule has 16 heteroatoms. The summed E-state index contributed by atoms with van der Waals surface area (Å²) in [5.74, 6) is 3.15. The van der Waals surface area contributed by atoms with Gasteiger partial charge >= 0.3 is 0 Å². The van der Waals surface area contributed by atoms with Crippen LogP contribution in [0.15, 0.2) is 122 Å². The first-order valence-electron chi connectivity index (χ1n) is 23.6. The molecule has 3 N–H and O–H groups in total. The summed E-state index contributed by atoms with van der Waals surface area (Å²) in [5.41, 5.74) is 5.99. The Morgan fingerprint density at radius 2 is 0.957 bits per heavy atom. The number of nitrogens with zero attached hydrogens (tertiary/aromatic N) is 7. The minimum atomic E-state index is -0.168. The van der Waals surface area contributed by atoms with Gasteiger partial charge in [0, 0.05) is 111 Å². The molecule has 0 unspecified atom stereocenters. The lowest BCUT2D eigenvalue weighted by Gasteiger charge is -2.34. The van der Waals surface area contributed by atoms with Gasteiger partial charge in [-0.25, -0.2) is 19.9 Å². The zero-order chi connectivity index (χ0) is 48.0. The summed E-state index contributed by atoms with van der Waals surface area (Å²) >= 11 is 5.78. The van der Waals surface area contributed by atoms with Crippen molar-refractivity contribution in [3.63, 3.8) is 0 Å². The third kappa shape index (κ3) is 9.61. The van der Waals surface area contributed by atoms with Crippen molar-refractivity contribution in [3.8, 4) is 0 Å². The number of aromatic nitrogens is 6. The summed E-state index contributed by atoms with van der Waals surface area (Å²) < 4.78 is 4.94. The van der Waals surface area contributed by atoms with Crippen LogP contribution in [-0.4, -0.2) is 124 Å². The van der Waals surface area contributed by atoms with Crippen LogP contribution in [0.3, 0.4) is 0 Å². The number of pyridine rings is 2. The molecular formula is C54H51ClN10O5. The van der Waals surface area contributed by atoms with Gasteiger partial charge in [0.15, 0.2) is 23.1 Å². The second-order valence-electron chi connectivity index (χ2n) is 17.4. The highest BCUT2D eigenvalue weighted by Gasteiger charge is 2.33. The number of fused-ring (bicyclic) bond motifs is 8. The van der Waals surface area contributed by atoms with Crippen molar-refractivity contribution in [3.05, 3.63) is 178 Å². The Bertz CT molecular complexity index is 3190. The number of anilines is 2.